The first kappa shape index (κ1) is 23.5. The third kappa shape index (κ3) is 5.02. The van der Waals surface area contributed by atoms with Gasteiger partial charge in [-0.25, -0.2) is 4.79 Å². The minimum atomic E-state index is -4.88. The molecule has 0 aromatic heterocycles. The van der Waals surface area contributed by atoms with E-state index in [0.717, 1.165) is 18.2 Å². The van der Waals surface area contributed by atoms with Crippen LogP contribution in [0.5, 0.6) is 5.75 Å². The number of nitrogens with one attached hydrogen (secondary N) is 2. The summed E-state index contributed by atoms with van der Waals surface area (Å²) in [5.41, 5.74) is -1.04. The summed E-state index contributed by atoms with van der Waals surface area (Å²) in [5, 5.41) is 15.8. The lowest BCUT2D eigenvalue weighted by Gasteiger charge is -2.22. The van der Waals surface area contributed by atoms with E-state index < -0.39 is 47.0 Å². The van der Waals surface area contributed by atoms with Gasteiger partial charge in [-0.15, -0.1) is 13.2 Å². The number of amides is 4. The second-order valence-corrected chi connectivity index (χ2v) is 7.32. The number of carbonyl (C=O) groups is 3. The van der Waals surface area contributed by atoms with Crippen LogP contribution in [0.2, 0.25) is 0 Å². The minimum absolute atomic E-state index is 0.143. The van der Waals surface area contributed by atoms with Gasteiger partial charge in [0.25, 0.3) is 11.6 Å². The number of ether oxygens (including phenoxy) is 1. The molecule has 33 heavy (non-hydrogen) atoms. The van der Waals surface area contributed by atoms with Crippen molar-refractivity contribution in [1.29, 1.82) is 0 Å². The highest BCUT2D eigenvalue weighted by atomic mass is 19.4. The molecule has 13 heteroatoms. The molecule has 3 rings (SSSR count). The zero-order valence-corrected chi connectivity index (χ0v) is 17.2. The summed E-state index contributed by atoms with van der Waals surface area (Å²) < 4.78 is 40.8. The van der Waals surface area contributed by atoms with Crippen LogP contribution in [0.15, 0.2) is 42.5 Å². The molecule has 0 aliphatic carbocycles. The Bertz CT molecular complexity index is 1140. The van der Waals surface area contributed by atoms with Gasteiger partial charge in [0.15, 0.2) is 0 Å². The van der Waals surface area contributed by atoms with Crippen molar-refractivity contribution in [1.82, 2.24) is 10.2 Å². The number of alkyl halides is 3. The van der Waals surface area contributed by atoms with E-state index in [1.807, 2.05) is 0 Å². The molecule has 174 valence electrons. The van der Waals surface area contributed by atoms with Crippen LogP contribution in [0.1, 0.15) is 18.1 Å². The van der Waals surface area contributed by atoms with Gasteiger partial charge in [-0.3, -0.25) is 24.6 Å². The molecule has 10 nitrogen and oxygen atoms in total. The molecule has 1 atom stereocenters. The fraction of sp³-hybridized carbons (Fsp3) is 0.250. The number of non-ortho nitro benzene ring substituents is 1. The summed E-state index contributed by atoms with van der Waals surface area (Å²) in [6.45, 7) is 2.27. The fourth-order valence-corrected chi connectivity index (χ4v) is 3.22. The van der Waals surface area contributed by atoms with Crippen LogP contribution in [0, 0.1) is 17.0 Å². The van der Waals surface area contributed by atoms with Crippen molar-refractivity contribution in [2.75, 3.05) is 11.9 Å². The van der Waals surface area contributed by atoms with E-state index in [-0.39, 0.29) is 16.9 Å². The predicted molar refractivity (Wildman–Crippen MR) is 107 cm³/mol. The quantitative estimate of drug-likeness (QED) is 0.382. The Hall–Kier alpha value is -4.16. The van der Waals surface area contributed by atoms with E-state index in [0.29, 0.717) is 10.5 Å². The van der Waals surface area contributed by atoms with Crippen LogP contribution in [0.25, 0.3) is 0 Å². The van der Waals surface area contributed by atoms with Crippen molar-refractivity contribution < 1.29 is 37.2 Å². The van der Waals surface area contributed by atoms with Crippen LogP contribution < -0.4 is 15.4 Å². The van der Waals surface area contributed by atoms with Crippen molar-refractivity contribution >= 4 is 29.2 Å². The van der Waals surface area contributed by atoms with Gasteiger partial charge in [0, 0.05) is 12.1 Å². The van der Waals surface area contributed by atoms with Gasteiger partial charge in [-0.1, -0.05) is 18.2 Å². The van der Waals surface area contributed by atoms with Gasteiger partial charge < -0.3 is 15.4 Å². The molecule has 2 aromatic carbocycles. The van der Waals surface area contributed by atoms with Crippen molar-refractivity contribution in [3.8, 4) is 5.75 Å². The molecule has 1 unspecified atom stereocenters. The number of halogens is 3. The zero-order chi connectivity index (χ0) is 24.6. The van der Waals surface area contributed by atoms with Crippen LogP contribution in [-0.4, -0.2) is 40.6 Å². The largest absolute Gasteiger partial charge is 0.573 e. The first-order valence-corrected chi connectivity index (χ1v) is 9.35. The zero-order valence-electron chi connectivity index (χ0n) is 17.2. The van der Waals surface area contributed by atoms with E-state index in [1.165, 1.54) is 31.2 Å². The lowest BCUT2D eigenvalue weighted by Crippen LogP contribution is -2.42. The minimum Gasteiger partial charge on any atom is -0.406 e. The molecular weight excluding hydrogens is 449 g/mol. The molecule has 1 heterocycles. The van der Waals surface area contributed by atoms with Gasteiger partial charge in [-0.05, 0) is 37.1 Å². The number of anilines is 1. The summed E-state index contributed by atoms with van der Waals surface area (Å²) >= 11 is 0. The molecular formula is C20H17F3N4O6. The standard InChI is InChI=1S/C20H17F3N4O6/c1-11-3-6-13(27(31)32)9-15(11)24-16(28)10-26-17(29)19(2,25-18(26)30)12-4-7-14(8-5-12)33-20(21,22)23/h3-9H,10H2,1-2H3,(H,24,28)(H,25,30). The number of nitro groups is 1. The van der Waals surface area contributed by atoms with Crippen molar-refractivity contribution in [2.24, 2.45) is 0 Å². The lowest BCUT2D eigenvalue weighted by molar-refractivity contribution is -0.384. The summed E-state index contributed by atoms with van der Waals surface area (Å²) in [5.74, 6) is -2.08. The molecule has 0 saturated carbocycles. The second kappa shape index (κ2) is 8.41. The van der Waals surface area contributed by atoms with Gasteiger partial charge in [0.05, 0.1) is 10.6 Å². The number of urea groups is 1. The SMILES string of the molecule is Cc1ccc([N+](=O)[O-])cc1NC(=O)CN1C(=O)NC(C)(c2ccc(OC(F)(F)F)cc2)C1=O. The third-order valence-corrected chi connectivity index (χ3v) is 4.95. The van der Waals surface area contributed by atoms with E-state index in [2.05, 4.69) is 15.4 Å². The summed E-state index contributed by atoms with van der Waals surface area (Å²) in [4.78, 5) is 48.7. The van der Waals surface area contributed by atoms with Crippen LogP contribution in [0.4, 0.5) is 29.3 Å². The molecule has 0 bridgehead atoms. The van der Waals surface area contributed by atoms with Crippen LogP contribution in [-0.2, 0) is 15.1 Å². The van der Waals surface area contributed by atoms with Gasteiger partial charge >= 0.3 is 12.4 Å². The molecule has 2 N–H and O–H groups in total. The molecule has 0 spiro atoms. The number of benzene rings is 2. The highest BCUT2D eigenvalue weighted by Crippen LogP contribution is 2.31. The Balaban J connectivity index is 1.74. The topological polar surface area (TPSA) is 131 Å². The summed E-state index contributed by atoms with van der Waals surface area (Å²) in [6.07, 6.45) is -4.88. The first-order valence-electron chi connectivity index (χ1n) is 9.35. The predicted octanol–water partition coefficient (Wildman–Crippen LogP) is 3.21. The first-order chi connectivity index (χ1) is 15.3. The maximum Gasteiger partial charge on any atom is 0.573 e. The van der Waals surface area contributed by atoms with E-state index in [4.69, 9.17) is 0 Å². The summed E-state index contributed by atoms with van der Waals surface area (Å²) in [7, 11) is 0. The molecule has 1 saturated heterocycles. The number of nitrogens with zero attached hydrogens (tertiary/aromatic N) is 2. The Labute approximate surface area is 184 Å². The molecule has 0 radical (unpaired) electrons. The van der Waals surface area contributed by atoms with E-state index in [9.17, 15) is 37.7 Å². The molecule has 1 aliphatic rings. The molecule has 1 aliphatic heterocycles. The Morgan fingerprint density at radius 2 is 1.85 bits per heavy atom. The van der Waals surface area contributed by atoms with Crippen LogP contribution in [0.3, 0.4) is 0 Å². The fourth-order valence-electron chi connectivity index (χ4n) is 3.22. The number of hydrogen-bond donors (Lipinski definition) is 2. The summed E-state index contributed by atoms with van der Waals surface area (Å²) in [6, 6.07) is 7.33. The van der Waals surface area contributed by atoms with E-state index in [1.54, 1.807) is 6.92 Å². The average Bonchev–Trinajstić information content (AvgIpc) is 2.92. The Kier molecular flexibility index (Phi) is 5.99. The number of rotatable bonds is 6. The maximum absolute atomic E-state index is 12.9. The molecule has 1 fully saturated rings. The number of aryl methyl sites for hydroxylation is 1. The highest BCUT2D eigenvalue weighted by Gasteiger charge is 2.49. The normalized spacial score (nSPS) is 18.2. The monoisotopic (exact) mass is 466 g/mol. The number of imide groups is 1. The van der Waals surface area contributed by atoms with Gasteiger partial charge in [-0.2, -0.15) is 0 Å². The highest BCUT2D eigenvalue weighted by molar-refractivity contribution is 6.10. The van der Waals surface area contributed by atoms with Gasteiger partial charge in [0.2, 0.25) is 5.91 Å². The molecule has 2 aromatic rings. The van der Waals surface area contributed by atoms with Crippen molar-refractivity contribution in [3.05, 3.63) is 63.7 Å². The number of carbonyl (C=O) groups excluding carboxylic acids is 3. The molecule has 4 amide bonds. The average molecular weight is 466 g/mol. The number of nitro benzene ring substituents is 1. The Morgan fingerprint density at radius 3 is 2.42 bits per heavy atom. The van der Waals surface area contributed by atoms with Crippen LogP contribution >= 0.6 is 0 Å². The van der Waals surface area contributed by atoms with Crippen molar-refractivity contribution in [2.45, 2.75) is 25.7 Å². The van der Waals surface area contributed by atoms with Crippen molar-refractivity contribution in [3.63, 3.8) is 0 Å². The second-order valence-electron chi connectivity index (χ2n) is 7.32. The maximum atomic E-state index is 12.9. The smallest absolute Gasteiger partial charge is 0.406 e. The Morgan fingerprint density at radius 1 is 1.21 bits per heavy atom. The third-order valence-electron chi connectivity index (χ3n) is 4.95. The van der Waals surface area contributed by atoms with Gasteiger partial charge in [0.1, 0.15) is 17.8 Å². The number of hydrogen-bond acceptors (Lipinski definition) is 6. The van der Waals surface area contributed by atoms with E-state index >= 15 is 0 Å². The lowest BCUT2D eigenvalue weighted by atomic mass is 9.92.